The molecule has 0 saturated heterocycles. The normalized spacial score (nSPS) is 12.2. The van der Waals surface area contributed by atoms with Gasteiger partial charge in [-0.1, -0.05) is 22.6 Å². The summed E-state index contributed by atoms with van der Waals surface area (Å²) in [5.74, 6) is -0.701. The molecule has 0 aliphatic carbocycles. The van der Waals surface area contributed by atoms with Gasteiger partial charge in [0, 0.05) is 13.1 Å². The van der Waals surface area contributed by atoms with E-state index in [0.29, 0.717) is 0 Å². The first-order chi connectivity index (χ1) is 6.91. The molecular weight excluding hydrogens is 311 g/mol. The summed E-state index contributed by atoms with van der Waals surface area (Å²) in [6.45, 7) is 1.82. The second-order valence-corrected chi connectivity index (χ2v) is 4.98. The number of pyridine rings is 1. The standard InChI is InChI=1S/C9H11IN2O3/c1-5(10)11-9(15)6-3-7(13)8(14)4-12(6)2/h3-5,14H,1-2H3,(H,11,15). The number of carbonyl (C=O) groups is 1. The van der Waals surface area contributed by atoms with Crippen molar-refractivity contribution in [1.82, 2.24) is 9.88 Å². The Morgan fingerprint density at radius 3 is 2.80 bits per heavy atom. The zero-order valence-corrected chi connectivity index (χ0v) is 10.5. The van der Waals surface area contributed by atoms with E-state index in [1.165, 1.54) is 10.8 Å². The summed E-state index contributed by atoms with van der Waals surface area (Å²) in [5.41, 5.74) is -0.333. The fourth-order valence-corrected chi connectivity index (χ4v) is 1.38. The smallest absolute Gasteiger partial charge is 0.268 e. The summed E-state index contributed by atoms with van der Waals surface area (Å²) >= 11 is 2.04. The number of rotatable bonds is 2. The van der Waals surface area contributed by atoms with Crippen molar-refractivity contribution < 1.29 is 9.90 Å². The summed E-state index contributed by atoms with van der Waals surface area (Å²) in [6.07, 6.45) is 1.22. The molecule has 0 fully saturated rings. The second kappa shape index (κ2) is 4.65. The lowest BCUT2D eigenvalue weighted by Gasteiger charge is -2.10. The average Bonchev–Trinajstić information content (AvgIpc) is 2.09. The van der Waals surface area contributed by atoms with Crippen LogP contribution in [0.1, 0.15) is 17.4 Å². The maximum Gasteiger partial charge on any atom is 0.268 e. The Kier molecular flexibility index (Phi) is 3.72. The van der Waals surface area contributed by atoms with E-state index in [-0.39, 0.29) is 21.4 Å². The molecule has 5 nitrogen and oxygen atoms in total. The number of hydrogen-bond acceptors (Lipinski definition) is 3. The van der Waals surface area contributed by atoms with Gasteiger partial charge < -0.3 is 15.0 Å². The number of aromatic nitrogens is 1. The molecule has 0 aliphatic heterocycles. The maximum absolute atomic E-state index is 11.6. The van der Waals surface area contributed by atoms with Crippen molar-refractivity contribution in [3.8, 4) is 5.75 Å². The van der Waals surface area contributed by atoms with Crippen LogP contribution in [0.2, 0.25) is 0 Å². The van der Waals surface area contributed by atoms with Gasteiger partial charge in [0.05, 0.1) is 10.2 Å². The van der Waals surface area contributed by atoms with Crippen LogP contribution in [0.15, 0.2) is 17.1 Å². The molecule has 0 bridgehead atoms. The molecule has 0 radical (unpaired) electrons. The number of nitrogens with zero attached hydrogens (tertiary/aromatic N) is 1. The number of amides is 1. The monoisotopic (exact) mass is 322 g/mol. The molecule has 1 unspecified atom stereocenters. The van der Waals surface area contributed by atoms with Gasteiger partial charge in [0.2, 0.25) is 5.43 Å². The van der Waals surface area contributed by atoms with Gasteiger partial charge in [0.15, 0.2) is 5.75 Å². The molecule has 0 aliphatic rings. The van der Waals surface area contributed by atoms with Crippen LogP contribution >= 0.6 is 22.6 Å². The third-order valence-corrected chi connectivity index (χ3v) is 2.09. The third-order valence-electron chi connectivity index (χ3n) is 1.78. The molecule has 1 aromatic heterocycles. The zero-order chi connectivity index (χ0) is 11.6. The van der Waals surface area contributed by atoms with E-state index < -0.39 is 5.43 Å². The molecule has 1 atom stereocenters. The van der Waals surface area contributed by atoms with E-state index in [0.717, 1.165) is 6.07 Å². The second-order valence-electron chi connectivity index (χ2n) is 3.11. The van der Waals surface area contributed by atoms with Gasteiger partial charge in [-0.2, -0.15) is 0 Å². The SMILES string of the molecule is CC(I)NC(=O)c1cc(=O)c(O)cn1C. The van der Waals surface area contributed by atoms with Crippen LogP contribution in [-0.4, -0.2) is 19.6 Å². The van der Waals surface area contributed by atoms with Gasteiger partial charge in [-0.05, 0) is 6.92 Å². The van der Waals surface area contributed by atoms with Crippen molar-refractivity contribution in [2.45, 2.75) is 11.0 Å². The predicted octanol–water partition coefficient (Wildman–Crippen LogP) is 0.602. The number of carbonyl (C=O) groups excluding carboxylic acids is 1. The van der Waals surface area contributed by atoms with Crippen molar-refractivity contribution in [3.05, 3.63) is 28.2 Å². The van der Waals surface area contributed by atoms with Crippen LogP contribution in [0.4, 0.5) is 0 Å². The maximum atomic E-state index is 11.6. The van der Waals surface area contributed by atoms with Crippen LogP contribution in [0.5, 0.6) is 5.75 Å². The lowest BCUT2D eigenvalue weighted by Crippen LogP contribution is -2.31. The predicted molar refractivity (Wildman–Crippen MR) is 64.3 cm³/mol. The van der Waals surface area contributed by atoms with Gasteiger partial charge >= 0.3 is 0 Å². The van der Waals surface area contributed by atoms with E-state index in [9.17, 15) is 9.59 Å². The van der Waals surface area contributed by atoms with Crippen LogP contribution < -0.4 is 10.7 Å². The molecule has 2 N–H and O–H groups in total. The molecule has 6 heteroatoms. The molecule has 0 spiro atoms. The molecular formula is C9H11IN2O3. The first kappa shape index (κ1) is 12.0. The van der Waals surface area contributed by atoms with Gasteiger partial charge in [0.25, 0.3) is 5.91 Å². The number of alkyl halides is 1. The first-order valence-electron chi connectivity index (χ1n) is 4.26. The van der Waals surface area contributed by atoms with Gasteiger partial charge in [-0.15, -0.1) is 0 Å². The van der Waals surface area contributed by atoms with Crippen LogP contribution in [-0.2, 0) is 7.05 Å². The summed E-state index contributed by atoms with van der Waals surface area (Å²) in [4.78, 5) is 22.7. The van der Waals surface area contributed by atoms with E-state index in [4.69, 9.17) is 5.11 Å². The van der Waals surface area contributed by atoms with E-state index in [2.05, 4.69) is 5.32 Å². The summed E-state index contributed by atoms with van der Waals surface area (Å²) < 4.78 is 1.38. The Labute approximate surface area is 100 Å². The largest absolute Gasteiger partial charge is 0.503 e. The van der Waals surface area contributed by atoms with E-state index in [1.807, 2.05) is 29.5 Å². The number of aromatic hydroxyl groups is 1. The third kappa shape index (κ3) is 2.95. The summed E-state index contributed by atoms with van der Waals surface area (Å²) in [7, 11) is 1.59. The van der Waals surface area contributed by atoms with Crippen LogP contribution in [0.25, 0.3) is 0 Å². The fourth-order valence-electron chi connectivity index (χ4n) is 1.10. The minimum atomic E-state index is -0.556. The van der Waals surface area contributed by atoms with Crippen molar-refractivity contribution in [2.75, 3.05) is 0 Å². The molecule has 1 heterocycles. The Hall–Kier alpha value is -1.05. The molecule has 1 aromatic rings. The highest BCUT2D eigenvalue weighted by molar-refractivity contribution is 14.1. The number of halogens is 1. The minimum absolute atomic E-state index is 0.0287. The zero-order valence-electron chi connectivity index (χ0n) is 8.32. The molecule has 0 saturated carbocycles. The van der Waals surface area contributed by atoms with Gasteiger partial charge in [0.1, 0.15) is 5.69 Å². The van der Waals surface area contributed by atoms with Crippen molar-refractivity contribution >= 4 is 28.5 Å². The van der Waals surface area contributed by atoms with Crippen molar-refractivity contribution in [3.63, 3.8) is 0 Å². The Balaban J connectivity index is 3.10. The number of aryl methyl sites for hydroxylation is 1. The molecule has 0 aromatic carbocycles. The van der Waals surface area contributed by atoms with E-state index in [1.54, 1.807) is 7.05 Å². The lowest BCUT2D eigenvalue weighted by atomic mass is 10.3. The van der Waals surface area contributed by atoms with Crippen LogP contribution in [0, 0.1) is 0 Å². The number of hydrogen-bond donors (Lipinski definition) is 2. The molecule has 15 heavy (non-hydrogen) atoms. The first-order valence-corrected chi connectivity index (χ1v) is 5.51. The topological polar surface area (TPSA) is 71.3 Å². The summed E-state index contributed by atoms with van der Waals surface area (Å²) in [6, 6.07) is 1.11. The fraction of sp³-hybridized carbons (Fsp3) is 0.333. The average molecular weight is 322 g/mol. The van der Waals surface area contributed by atoms with Gasteiger partial charge in [-0.25, -0.2) is 0 Å². The highest BCUT2D eigenvalue weighted by Gasteiger charge is 2.12. The quantitative estimate of drug-likeness (QED) is 0.476. The highest BCUT2D eigenvalue weighted by Crippen LogP contribution is 2.04. The Bertz CT molecular complexity index is 439. The van der Waals surface area contributed by atoms with Crippen LogP contribution in [0.3, 0.4) is 0 Å². The summed E-state index contributed by atoms with van der Waals surface area (Å²) in [5, 5.41) is 11.8. The van der Waals surface area contributed by atoms with E-state index >= 15 is 0 Å². The highest BCUT2D eigenvalue weighted by atomic mass is 127. The van der Waals surface area contributed by atoms with Gasteiger partial charge in [-0.3, -0.25) is 9.59 Å². The minimum Gasteiger partial charge on any atom is -0.503 e. The molecule has 1 amide bonds. The number of nitrogens with one attached hydrogen (secondary N) is 1. The Morgan fingerprint density at radius 2 is 2.27 bits per heavy atom. The molecule has 1 rings (SSSR count). The lowest BCUT2D eigenvalue weighted by molar-refractivity contribution is 0.0944. The van der Waals surface area contributed by atoms with Crippen molar-refractivity contribution in [2.24, 2.45) is 7.05 Å². The van der Waals surface area contributed by atoms with Crippen molar-refractivity contribution in [1.29, 1.82) is 0 Å². The molecule has 82 valence electrons. The Morgan fingerprint density at radius 1 is 1.67 bits per heavy atom.